The number of rotatable bonds is 17. The lowest BCUT2D eigenvalue weighted by Crippen LogP contribution is -2.65. The molecule has 14 N–H and O–H groups in total. The van der Waals surface area contributed by atoms with Crippen LogP contribution in [-0.2, 0) is 38.0 Å². The third-order valence-corrected chi connectivity index (χ3v) is 12.7. The molecule has 26 heteroatoms. The number of carbonyl (C=O) groups is 2. The molecule has 3 aliphatic heterocycles. The van der Waals surface area contributed by atoms with Gasteiger partial charge in [-0.3, -0.25) is 0 Å². The maximum atomic E-state index is 13.0. The fourth-order valence-electron chi connectivity index (χ4n) is 8.38. The molecule has 418 valence electrons. The molecule has 3 aliphatic rings. The molecule has 8 rings (SSSR count). The molecular weight excluding hydrogens is 1040 g/mol. The van der Waals surface area contributed by atoms with Crippen LogP contribution in [0.15, 0.2) is 95.4 Å². The number of hydrogen-bond acceptors (Lipinski definition) is 25. The van der Waals surface area contributed by atoms with Crippen molar-refractivity contribution in [2.75, 3.05) is 26.9 Å². The third-order valence-electron chi connectivity index (χ3n) is 12.7. The van der Waals surface area contributed by atoms with Crippen LogP contribution < -0.4 is 14.2 Å². The minimum Gasteiger partial charge on any atom is -0.508 e. The largest absolute Gasteiger partial charge is 0.508 e. The topological polar surface area (TPSA) is 412 Å². The minimum absolute atomic E-state index is 0.0729. The van der Waals surface area contributed by atoms with Crippen LogP contribution in [0.1, 0.15) is 11.1 Å². The lowest BCUT2D eigenvalue weighted by atomic mass is 9.97. The first kappa shape index (κ1) is 56.8. The summed E-state index contributed by atoms with van der Waals surface area (Å²) in [5, 5.41) is 148. The molecule has 0 amide bonds. The van der Waals surface area contributed by atoms with E-state index in [1.807, 2.05) is 0 Å². The summed E-state index contributed by atoms with van der Waals surface area (Å²) in [4.78, 5) is 25.8. The second-order valence-electron chi connectivity index (χ2n) is 18.0. The van der Waals surface area contributed by atoms with E-state index >= 15 is 0 Å². The van der Waals surface area contributed by atoms with E-state index in [0.29, 0.717) is 5.56 Å². The van der Waals surface area contributed by atoms with Crippen LogP contribution in [0, 0.1) is 0 Å². The smallest absolute Gasteiger partial charge is 0.402 e. The molecule has 0 saturated carbocycles. The summed E-state index contributed by atoms with van der Waals surface area (Å²) >= 11 is 0. The molecule has 4 aromatic carbocycles. The van der Waals surface area contributed by atoms with Crippen LogP contribution in [0.5, 0.6) is 46.0 Å². The zero-order valence-corrected chi connectivity index (χ0v) is 40.8. The lowest BCUT2D eigenvalue weighted by Gasteiger charge is -2.45. The Morgan fingerprint density at radius 2 is 1.09 bits per heavy atom. The Morgan fingerprint density at radius 1 is 0.538 bits per heavy atom. The first-order valence-electron chi connectivity index (χ1n) is 23.8. The molecular formula is C52H55O26+. The monoisotopic (exact) mass is 1100 g/mol. The molecule has 4 heterocycles. The first-order valence-corrected chi connectivity index (χ1v) is 23.8. The number of aliphatic hydroxyl groups excluding tert-OH is 9. The van der Waals surface area contributed by atoms with Crippen molar-refractivity contribution < 1.29 is 128 Å². The van der Waals surface area contributed by atoms with E-state index in [0.717, 1.165) is 30.4 Å². The number of aromatic hydroxyl groups is 5. The van der Waals surface area contributed by atoms with Gasteiger partial charge >= 0.3 is 23.3 Å². The summed E-state index contributed by atoms with van der Waals surface area (Å²) < 4.78 is 57.9. The molecule has 0 radical (unpaired) electrons. The number of hydrogen-bond donors (Lipinski definition) is 14. The number of fused-ring (bicyclic) bond motifs is 1. The zero-order valence-electron chi connectivity index (χ0n) is 40.8. The molecule has 26 nitrogen and oxygen atoms in total. The second kappa shape index (κ2) is 24.5. The van der Waals surface area contributed by atoms with Crippen molar-refractivity contribution in [3.8, 4) is 57.3 Å². The molecule has 3 saturated heterocycles. The van der Waals surface area contributed by atoms with Crippen LogP contribution in [-0.4, -0.2) is 202 Å². The van der Waals surface area contributed by atoms with Gasteiger partial charge in [-0.15, -0.1) is 0 Å². The fraction of sp³-hybridized carbons (Fsp3) is 0.365. The molecule has 15 unspecified atom stereocenters. The lowest BCUT2D eigenvalue weighted by molar-refractivity contribution is -0.358. The van der Waals surface area contributed by atoms with Crippen LogP contribution in [0.25, 0.3) is 34.4 Å². The van der Waals surface area contributed by atoms with E-state index in [9.17, 15) is 81.1 Å². The molecule has 0 spiro atoms. The molecule has 5 aromatic rings. The summed E-state index contributed by atoms with van der Waals surface area (Å²) in [7, 11) is 1.33. The van der Waals surface area contributed by atoms with Gasteiger partial charge in [0.2, 0.25) is 18.3 Å². The molecule has 0 aliphatic carbocycles. The van der Waals surface area contributed by atoms with Gasteiger partial charge in [0.25, 0.3) is 0 Å². The number of ether oxygens (including phenoxy) is 9. The van der Waals surface area contributed by atoms with Gasteiger partial charge < -0.3 is 114 Å². The highest BCUT2D eigenvalue weighted by molar-refractivity contribution is 5.89. The quantitative estimate of drug-likeness (QED) is 0.0244. The standard InChI is InChI=1S/C52H54O26/c1-69-33-15-23(3-11-29(33)57)5-13-39(60)71-21-37-42(63)45(66)49(78-51-47(68)44(65)41(62)36(76-51)20-70-38(59)12-4-22-2-10-28(56)30(58)14-22)52(77-37)74-34-18-27-31(72-48(34)24-6-8-25(54)9-7-24)16-26(55)17-32(27)73-50-46(67)43(64)40(61)35(19-53)75-50/h2-18,35-37,40-47,49-53,61-68H,19-21H2,1H3,(H4-,54,55,56,57,58,59,60)/p+1. The predicted octanol–water partition coefficient (Wildman–Crippen LogP) is -0.372. The first-order chi connectivity index (χ1) is 37.2. The van der Waals surface area contributed by atoms with Crippen molar-refractivity contribution >= 4 is 35.1 Å². The Bertz CT molecular complexity index is 2970. The Kier molecular flexibility index (Phi) is 17.8. The Morgan fingerprint density at radius 3 is 1.71 bits per heavy atom. The van der Waals surface area contributed by atoms with E-state index in [1.165, 1.54) is 79.9 Å². The number of carbonyl (C=O) groups excluding carboxylic acids is 2. The maximum Gasteiger partial charge on any atom is 0.402 e. The van der Waals surface area contributed by atoms with E-state index < -0.39 is 141 Å². The highest BCUT2D eigenvalue weighted by Crippen LogP contribution is 2.43. The van der Waals surface area contributed by atoms with Crippen molar-refractivity contribution in [2.45, 2.75) is 92.1 Å². The number of methoxy groups -OCH3 is 1. The Hall–Kier alpha value is -7.41. The van der Waals surface area contributed by atoms with Gasteiger partial charge in [0.1, 0.15) is 103 Å². The van der Waals surface area contributed by atoms with Crippen LogP contribution in [0.3, 0.4) is 0 Å². The summed E-state index contributed by atoms with van der Waals surface area (Å²) in [5.41, 5.74) is 0.734. The van der Waals surface area contributed by atoms with Gasteiger partial charge in [-0.25, -0.2) is 14.0 Å². The van der Waals surface area contributed by atoms with E-state index in [4.69, 9.17) is 47.0 Å². The molecule has 15 atom stereocenters. The summed E-state index contributed by atoms with van der Waals surface area (Å²) in [6.45, 7) is -2.36. The average molecular weight is 1100 g/mol. The van der Waals surface area contributed by atoms with E-state index in [2.05, 4.69) is 0 Å². The average Bonchev–Trinajstić information content (AvgIpc) is 3.49. The van der Waals surface area contributed by atoms with Gasteiger partial charge in [-0.2, -0.15) is 0 Å². The maximum absolute atomic E-state index is 13.0. The van der Waals surface area contributed by atoms with Crippen LogP contribution in [0.4, 0.5) is 0 Å². The van der Waals surface area contributed by atoms with Gasteiger partial charge in [0.15, 0.2) is 35.4 Å². The Balaban J connectivity index is 1.12. The van der Waals surface area contributed by atoms with E-state index in [1.54, 1.807) is 0 Å². The second-order valence-corrected chi connectivity index (χ2v) is 18.0. The highest BCUT2D eigenvalue weighted by atomic mass is 16.8. The van der Waals surface area contributed by atoms with Gasteiger partial charge in [-0.1, -0.05) is 12.1 Å². The summed E-state index contributed by atoms with van der Waals surface area (Å²) in [5.74, 6) is -4.40. The van der Waals surface area contributed by atoms with Crippen molar-refractivity contribution in [3.05, 3.63) is 102 Å². The van der Waals surface area contributed by atoms with Crippen molar-refractivity contribution in [2.24, 2.45) is 0 Å². The molecule has 3 fully saturated rings. The zero-order chi connectivity index (χ0) is 56.1. The molecule has 1 aromatic heterocycles. The van der Waals surface area contributed by atoms with Crippen molar-refractivity contribution in [1.29, 1.82) is 0 Å². The minimum atomic E-state index is -2.13. The number of aliphatic hydroxyl groups is 9. The van der Waals surface area contributed by atoms with Gasteiger partial charge in [0, 0.05) is 24.3 Å². The molecule has 78 heavy (non-hydrogen) atoms. The number of phenols is 5. The van der Waals surface area contributed by atoms with Crippen molar-refractivity contribution in [3.63, 3.8) is 0 Å². The number of benzene rings is 4. The van der Waals surface area contributed by atoms with Crippen molar-refractivity contribution in [1.82, 2.24) is 0 Å². The SMILES string of the molecule is COc1cc(C=CC(=O)OCC2OC(Oc3cc4c(OC5OC(CO)C(O)C(O)C5O)cc(O)cc4[o+]c3-c3ccc(O)cc3)C(OC3OC(COC(=O)C=Cc4ccc(O)c(O)c4)C(O)C(O)C3O)C(O)C2O)ccc1O. The highest BCUT2D eigenvalue weighted by Gasteiger charge is 2.53. The van der Waals surface area contributed by atoms with Gasteiger partial charge in [-0.05, 0) is 71.8 Å². The normalized spacial score (nSPS) is 29.3. The summed E-state index contributed by atoms with van der Waals surface area (Å²) in [6.07, 6.45) is -23.9. The van der Waals surface area contributed by atoms with Crippen LogP contribution in [0.2, 0.25) is 0 Å². The third kappa shape index (κ3) is 12.8. The van der Waals surface area contributed by atoms with Gasteiger partial charge in [0.05, 0.1) is 25.3 Å². The van der Waals surface area contributed by atoms with Crippen LogP contribution >= 0.6 is 0 Å². The summed E-state index contributed by atoms with van der Waals surface area (Å²) in [6, 6.07) is 16.7. The van der Waals surface area contributed by atoms with E-state index in [-0.39, 0.29) is 56.6 Å². The fourth-order valence-corrected chi connectivity index (χ4v) is 8.38. The predicted molar refractivity (Wildman–Crippen MR) is 261 cm³/mol. The number of esters is 2. The number of phenolic OH excluding ortho intramolecular Hbond substituents is 5. The Labute approximate surface area is 440 Å². The molecule has 0 bridgehead atoms.